The van der Waals surface area contributed by atoms with Crippen LogP contribution in [0.3, 0.4) is 0 Å². The Morgan fingerprint density at radius 1 is 0.862 bits per heavy atom. The molecule has 0 saturated heterocycles. The predicted octanol–water partition coefficient (Wildman–Crippen LogP) is 4.50. The van der Waals surface area contributed by atoms with E-state index in [1.807, 2.05) is 54.9 Å². The molecule has 0 aliphatic rings. The van der Waals surface area contributed by atoms with Crippen molar-refractivity contribution in [1.82, 2.24) is 19.7 Å². The van der Waals surface area contributed by atoms with Crippen LogP contribution < -0.4 is 5.56 Å². The smallest absolute Gasteiger partial charge is 0.250 e. The maximum absolute atomic E-state index is 12.6. The average Bonchev–Trinajstić information content (AvgIpc) is 3.24. The van der Waals surface area contributed by atoms with Gasteiger partial charge in [0.05, 0.1) is 18.3 Å². The molecule has 0 fully saturated rings. The minimum absolute atomic E-state index is 0.0302. The van der Waals surface area contributed by atoms with E-state index in [1.54, 1.807) is 23.0 Å². The summed E-state index contributed by atoms with van der Waals surface area (Å²) < 4.78 is 1.75. The van der Waals surface area contributed by atoms with E-state index in [0.29, 0.717) is 6.54 Å². The lowest BCUT2D eigenvalue weighted by molar-refractivity contribution is 0.762. The number of benzene rings is 2. The molecule has 5 rings (SSSR count). The maximum atomic E-state index is 12.6. The van der Waals surface area contributed by atoms with Gasteiger partial charge in [0.15, 0.2) is 0 Å². The van der Waals surface area contributed by atoms with Crippen molar-refractivity contribution in [2.45, 2.75) is 6.54 Å². The van der Waals surface area contributed by atoms with Crippen LogP contribution in [0.2, 0.25) is 0 Å². The number of fused-ring (bicyclic) bond motifs is 1. The van der Waals surface area contributed by atoms with Crippen LogP contribution in [0.15, 0.2) is 96.3 Å². The van der Waals surface area contributed by atoms with Crippen LogP contribution in [0.1, 0.15) is 5.56 Å². The first-order valence-electron chi connectivity index (χ1n) is 9.40. The van der Waals surface area contributed by atoms with Crippen molar-refractivity contribution in [1.29, 1.82) is 0 Å². The lowest BCUT2D eigenvalue weighted by Gasteiger charge is -2.13. The van der Waals surface area contributed by atoms with E-state index in [-0.39, 0.29) is 5.56 Å². The maximum Gasteiger partial charge on any atom is 0.250 e. The van der Waals surface area contributed by atoms with E-state index in [9.17, 15) is 4.79 Å². The highest BCUT2D eigenvalue weighted by molar-refractivity contribution is 5.83. The van der Waals surface area contributed by atoms with Gasteiger partial charge in [-0.05, 0) is 40.5 Å². The summed E-state index contributed by atoms with van der Waals surface area (Å²) >= 11 is 0. The molecule has 0 atom stereocenters. The SMILES string of the molecule is O=c1ccc(-c2ccc3cn[nH]c3c2)cn1Cc1ccccc1-c1cccnc1. The molecule has 0 spiro atoms. The number of nitrogens with one attached hydrogen (secondary N) is 1. The third-order valence-electron chi connectivity index (χ3n) is 5.09. The first-order valence-corrected chi connectivity index (χ1v) is 9.40. The van der Waals surface area contributed by atoms with Crippen molar-refractivity contribution >= 4 is 10.9 Å². The van der Waals surface area contributed by atoms with Crippen LogP contribution in [0.5, 0.6) is 0 Å². The van der Waals surface area contributed by atoms with E-state index in [2.05, 4.69) is 33.4 Å². The van der Waals surface area contributed by atoms with Gasteiger partial charge in [-0.2, -0.15) is 5.10 Å². The second kappa shape index (κ2) is 7.20. The van der Waals surface area contributed by atoms with Crippen LogP contribution >= 0.6 is 0 Å². The van der Waals surface area contributed by atoms with Gasteiger partial charge in [0.1, 0.15) is 0 Å². The van der Waals surface area contributed by atoms with Crippen molar-refractivity contribution in [2.24, 2.45) is 0 Å². The Balaban J connectivity index is 1.55. The first-order chi connectivity index (χ1) is 14.3. The Hall–Kier alpha value is -3.99. The Kier molecular flexibility index (Phi) is 4.26. The number of H-pyrrole nitrogens is 1. The Labute approximate surface area is 167 Å². The van der Waals surface area contributed by atoms with Crippen LogP contribution in [0.4, 0.5) is 0 Å². The molecule has 5 nitrogen and oxygen atoms in total. The minimum Gasteiger partial charge on any atom is -0.310 e. The summed E-state index contributed by atoms with van der Waals surface area (Å²) in [5.41, 5.74) is 6.16. The number of aromatic nitrogens is 4. The van der Waals surface area contributed by atoms with Gasteiger partial charge in [-0.1, -0.05) is 42.5 Å². The van der Waals surface area contributed by atoms with Crippen molar-refractivity contribution < 1.29 is 0 Å². The quantitative estimate of drug-likeness (QED) is 0.501. The van der Waals surface area contributed by atoms with Crippen LogP contribution in [0, 0.1) is 0 Å². The van der Waals surface area contributed by atoms with E-state index < -0.39 is 0 Å². The highest BCUT2D eigenvalue weighted by Crippen LogP contribution is 2.25. The topological polar surface area (TPSA) is 63.6 Å². The highest BCUT2D eigenvalue weighted by Gasteiger charge is 2.08. The lowest BCUT2D eigenvalue weighted by atomic mass is 10.0. The molecule has 5 heteroatoms. The Bertz CT molecular complexity index is 1350. The predicted molar refractivity (Wildman–Crippen MR) is 115 cm³/mol. The van der Waals surface area contributed by atoms with Gasteiger partial charge in [-0.15, -0.1) is 0 Å². The number of rotatable bonds is 4. The number of nitrogens with zero attached hydrogens (tertiary/aromatic N) is 3. The summed E-state index contributed by atoms with van der Waals surface area (Å²) in [6.45, 7) is 0.490. The van der Waals surface area contributed by atoms with Gasteiger partial charge in [-0.3, -0.25) is 14.9 Å². The number of hydrogen-bond donors (Lipinski definition) is 1. The molecule has 0 amide bonds. The standard InChI is InChI=1S/C24H18N4O/c29-24-10-9-20(17-7-8-19-14-26-27-23(19)12-17)15-28(24)16-21-4-1-2-6-22(21)18-5-3-11-25-13-18/h1-15H,16H2,(H,26,27). The molecule has 140 valence electrons. The molecule has 0 radical (unpaired) electrons. The fourth-order valence-electron chi connectivity index (χ4n) is 3.59. The van der Waals surface area contributed by atoms with E-state index in [1.165, 1.54) is 0 Å². The molecular formula is C24H18N4O. The molecular weight excluding hydrogens is 360 g/mol. The van der Waals surface area contributed by atoms with Gasteiger partial charge in [0.2, 0.25) is 0 Å². The van der Waals surface area contributed by atoms with Gasteiger partial charge in [-0.25, -0.2) is 0 Å². The third-order valence-corrected chi connectivity index (χ3v) is 5.09. The fourth-order valence-corrected chi connectivity index (χ4v) is 3.59. The highest BCUT2D eigenvalue weighted by atomic mass is 16.1. The fraction of sp³-hybridized carbons (Fsp3) is 0.0417. The third kappa shape index (κ3) is 3.34. The summed E-state index contributed by atoms with van der Waals surface area (Å²) in [7, 11) is 0. The van der Waals surface area contributed by atoms with Gasteiger partial charge >= 0.3 is 0 Å². The molecule has 0 saturated carbocycles. The first kappa shape index (κ1) is 17.1. The monoisotopic (exact) mass is 378 g/mol. The average molecular weight is 378 g/mol. The zero-order valence-corrected chi connectivity index (χ0v) is 15.6. The van der Waals surface area contributed by atoms with Crippen molar-refractivity contribution in [3.63, 3.8) is 0 Å². The molecule has 0 unspecified atom stereocenters. The molecule has 3 aromatic heterocycles. The zero-order valence-electron chi connectivity index (χ0n) is 15.6. The van der Waals surface area contributed by atoms with Crippen molar-refractivity contribution in [3.8, 4) is 22.3 Å². The Morgan fingerprint density at radius 2 is 1.76 bits per heavy atom. The number of pyridine rings is 2. The molecule has 0 bridgehead atoms. The van der Waals surface area contributed by atoms with Crippen LogP contribution in [0.25, 0.3) is 33.2 Å². The van der Waals surface area contributed by atoms with Crippen LogP contribution in [-0.2, 0) is 6.54 Å². The molecule has 29 heavy (non-hydrogen) atoms. The van der Waals surface area contributed by atoms with Gasteiger partial charge < -0.3 is 4.57 Å². The Morgan fingerprint density at radius 3 is 2.66 bits per heavy atom. The summed E-state index contributed by atoms with van der Waals surface area (Å²) in [5, 5.41) is 8.14. The number of aromatic amines is 1. The zero-order chi connectivity index (χ0) is 19.6. The molecule has 0 aliphatic heterocycles. The van der Waals surface area contributed by atoms with Gasteiger partial charge in [0.25, 0.3) is 5.56 Å². The molecule has 2 aromatic carbocycles. The largest absolute Gasteiger partial charge is 0.310 e. The van der Waals surface area contributed by atoms with Crippen molar-refractivity contribution in [2.75, 3.05) is 0 Å². The number of hydrogen-bond acceptors (Lipinski definition) is 3. The lowest BCUT2D eigenvalue weighted by Crippen LogP contribution is -2.19. The molecule has 1 N–H and O–H groups in total. The molecule has 3 heterocycles. The van der Waals surface area contributed by atoms with E-state index in [0.717, 1.165) is 38.7 Å². The van der Waals surface area contributed by atoms with Gasteiger partial charge in [0, 0.05) is 35.6 Å². The summed E-state index contributed by atoms with van der Waals surface area (Å²) in [4.78, 5) is 16.8. The summed E-state index contributed by atoms with van der Waals surface area (Å²) in [6.07, 6.45) is 7.32. The summed E-state index contributed by atoms with van der Waals surface area (Å²) in [6, 6.07) is 21.7. The second-order valence-electron chi connectivity index (χ2n) is 6.95. The normalized spacial score (nSPS) is 11.0. The summed E-state index contributed by atoms with van der Waals surface area (Å²) in [5.74, 6) is 0. The van der Waals surface area contributed by atoms with Crippen molar-refractivity contribution in [3.05, 3.63) is 107 Å². The van der Waals surface area contributed by atoms with Crippen LogP contribution in [-0.4, -0.2) is 19.7 Å². The van der Waals surface area contributed by atoms with E-state index in [4.69, 9.17) is 0 Å². The molecule has 5 aromatic rings. The minimum atomic E-state index is -0.0302. The second-order valence-corrected chi connectivity index (χ2v) is 6.95. The van der Waals surface area contributed by atoms with E-state index >= 15 is 0 Å². The molecule has 0 aliphatic carbocycles.